The number of carbonyl (C=O) groups is 1. The summed E-state index contributed by atoms with van der Waals surface area (Å²) in [5, 5.41) is 11.0. The number of nitrogens with zero attached hydrogens (tertiary/aromatic N) is 1. The number of allylic oxidation sites excluding steroid dienone is 3. The third kappa shape index (κ3) is 3.50. The van der Waals surface area contributed by atoms with Crippen molar-refractivity contribution >= 4 is 17.5 Å². The smallest absolute Gasteiger partial charge is 0.276 e. The van der Waals surface area contributed by atoms with Crippen molar-refractivity contribution in [3.8, 4) is 5.75 Å². The minimum atomic E-state index is -0.414. The highest BCUT2D eigenvalue weighted by atomic mass is 16.6. The SMILES string of the molecule is COc1ccc2c(c1)CCC(=CC=Cc1ccccc1[N+](=O)[O-])C2=O. The summed E-state index contributed by atoms with van der Waals surface area (Å²) in [6.07, 6.45) is 6.50. The van der Waals surface area contributed by atoms with Crippen LogP contribution in [0.2, 0.25) is 0 Å². The standard InChI is InChI=1S/C20H17NO4/c1-25-17-11-12-18-16(13-17)10-9-15(20(18)22)7-4-6-14-5-2-3-8-19(14)21(23)24/h2-8,11-13H,9-10H2,1H3. The van der Waals surface area contributed by atoms with Crippen LogP contribution in [0.5, 0.6) is 5.75 Å². The van der Waals surface area contributed by atoms with E-state index in [0.29, 0.717) is 23.1 Å². The third-order valence-corrected chi connectivity index (χ3v) is 4.22. The Kier molecular flexibility index (Phi) is 4.75. The molecule has 2 aromatic carbocycles. The highest BCUT2D eigenvalue weighted by Crippen LogP contribution is 2.28. The Morgan fingerprint density at radius 2 is 1.96 bits per heavy atom. The topological polar surface area (TPSA) is 69.4 Å². The summed E-state index contributed by atoms with van der Waals surface area (Å²) in [6.45, 7) is 0. The van der Waals surface area contributed by atoms with Crippen molar-refractivity contribution in [2.45, 2.75) is 12.8 Å². The van der Waals surface area contributed by atoms with E-state index < -0.39 is 4.92 Å². The molecule has 0 fully saturated rings. The second-order valence-electron chi connectivity index (χ2n) is 5.72. The molecule has 25 heavy (non-hydrogen) atoms. The summed E-state index contributed by atoms with van der Waals surface area (Å²) in [6, 6.07) is 12.0. The average Bonchev–Trinajstić information content (AvgIpc) is 2.63. The molecule has 0 unspecified atom stereocenters. The first kappa shape index (κ1) is 16.6. The van der Waals surface area contributed by atoms with Crippen LogP contribution >= 0.6 is 0 Å². The van der Waals surface area contributed by atoms with Crippen LogP contribution in [0.1, 0.15) is 27.9 Å². The zero-order valence-corrected chi connectivity index (χ0v) is 13.8. The molecule has 0 aromatic heterocycles. The van der Waals surface area contributed by atoms with E-state index in [4.69, 9.17) is 4.74 Å². The molecule has 3 rings (SSSR count). The molecule has 0 amide bonds. The van der Waals surface area contributed by atoms with Gasteiger partial charge >= 0.3 is 0 Å². The second kappa shape index (κ2) is 7.13. The molecular formula is C20H17NO4. The Labute approximate surface area is 145 Å². The predicted molar refractivity (Wildman–Crippen MR) is 95.9 cm³/mol. The number of ketones is 1. The quantitative estimate of drug-likeness (QED) is 0.472. The number of aryl methyl sites for hydroxylation is 1. The Balaban J connectivity index is 1.83. The number of Topliss-reactive ketones (excluding diaryl/α,β-unsaturated/α-hetero) is 1. The molecule has 0 atom stereocenters. The first-order valence-electron chi connectivity index (χ1n) is 7.92. The van der Waals surface area contributed by atoms with Gasteiger partial charge in [0.15, 0.2) is 5.78 Å². The summed E-state index contributed by atoms with van der Waals surface area (Å²) in [7, 11) is 1.60. The summed E-state index contributed by atoms with van der Waals surface area (Å²) in [4.78, 5) is 23.2. The maximum absolute atomic E-state index is 12.6. The molecule has 0 aliphatic heterocycles. The molecule has 0 N–H and O–H groups in total. The predicted octanol–water partition coefficient (Wildman–Crippen LogP) is 4.37. The third-order valence-electron chi connectivity index (χ3n) is 4.22. The van der Waals surface area contributed by atoms with Crippen LogP contribution in [0, 0.1) is 10.1 Å². The van der Waals surface area contributed by atoms with Crippen molar-refractivity contribution in [1.82, 2.24) is 0 Å². The van der Waals surface area contributed by atoms with E-state index in [0.717, 1.165) is 17.7 Å². The molecular weight excluding hydrogens is 318 g/mol. The molecule has 0 saturated heterocycles. The fourth-order valence-corrected chi connectivity index (χ4v) is 2.90. The lowest BCUT2D eigenvalue weighted by Gasteiger charge is -2.17. The molecule has 2 aromatic rings. The molecule has 0 spiro atoms. The number of rotatable bonds is 4. The zero-order valence-electron chi connectivity index (χ0n) is 13.8. The largest absolute Gasteiger partial charge is 0.497 e. The lowest BCUT2D eigenvalue weighted by atomic mass is 9.86. The van der Waals surface area contributed by atoms with Gasteiger partial charge in [-0.15, -0.1) is 0 Å². The summed E-state index contributed by atoms with van der Waals surface area (Å²) >= 11 is 0. The number of carbonyl (C=O) groups excluding carboxylic acids is 1. The van der Waals surface area contributed by atoms with Crippen LogP contribution in [0.4, 0.5) is 5.69 Å². The van der Waals surface area contributed by atoms with Crippen LogP contribution in [0.15, 0.2) is 60.2 Å². The average molecular weight is 335 g/mol. The lowest BCUT2D eigenvalue weighted by Crippen LogP contribution is -2.14. The highest BCUT2D eigenvalue weighted by molar-refractivity contribution is 6.11. The molecule has 0 heterocycles. The molecule has 0 saturated carbocycles. The van der Waals surface area contributed by atoms with E-state index in [1.54, 1.807) is 55.7 Å². The maximum Gasteiger partial charge on any atom is 0.276 e. The van der Waals surface area contributed by atoms with Gasteiger partial charge in [-0.1, -0.05) is 24.3 Å². The fraction of sp³-hybridized carbons (Fsp3) is 0.150. The highest BCUT2D eigenvalue weighted by Gasteiger charge is 2.21. The van der Waals surface area contributed by atoms with E-state index in [2.05, 4.69) is 0 Å². The Hall–Kier alpha value is -3.21. The Bertz CT molecular complexity index is 896. The Morgan fingerprint density at radius 3 is 2.72 bits per heavy atom. The molecule has 0 bridgehead atoms. The van der Waals surface area contributed by atoms with Gasteiger partial charge in [0.05, 0.1) is 17.6 Å². The van der Waals surface area contributed by atoms with E-state index in [9.17, 15) is 14.9 Å². The number of methoxy groups -OCH3 is 1. The van der Waals surface area contributed by atoms with Crippen LogP contribution < -0.4 is 4.74 Å². The van der Waals surface area contributed by atoms with Crippen LogP contribution in [-0.4, -0.2) is 17.8 Å². The summed E-state index contributed by atoms with van der Waals surface area (Å²) in [5.74, 6) is 0.742. The van der Waals surface area contributed by atoms with Crippen molar-refractivity contribution in [3.05, 3.63) is 87.0 Å². The minimum Gasteiger partial charge on any atom is -0.497 e. The van der Waals surface area contributed by atoms with Crippen LogP contribution in [-0.2, 0) is 6.42 Å². The van der Waals surface area contributed by atoms with E-state index in [1.165, 1.54) is 6.07 Å². The number of benzene rings is 2. The van der Waals surface area contributed by atoms with Gasteiger partial charge in [-0.3, -0.25) is 14.9 Å². The van der Waals surface area contributed by atoms with E-state index >= 15 is 0 Å². The van der Waals surface area contributed by atoms with Gasteiger partial charge < -0.3 is 4.74 Å². The fourth-order valence-electron chi connectivity index (χ4n) is 2.90. The number of nitro benzene ring substituents is 1. The van der Waals surface area contributed by atoms with Gasteiger partial charge in [0, 0.05) is 17.2 Å². The molecule has 5 nitrogen and oxygen atoms in total. The van der Waals surface area contributed by atoms with Crippen molar-refractivity contribution < 1.29 is 14.5 Å². The van der Waals surface area contributed by atoms with Crippen LogP contribution in [0.3, 0.4) is 0 Å². The van der Waals surface area contributed by atoms with Gasteiger partial charge in [-0.25, -0.2) is 0 Å². The lowest BCUT2D eigenvalue weighted by molar-refractivity contribution is -0.385. The minimum absolute atomic E-state index is 0.00360. The molecule has 5 heteroatoms. The number of para-hydroxylation sites is 1. The van der Waals surface area contributed by atoms with Gasteiger partial charge in [0.25, 0.3) is 5.69 Å². The molecule has 1 aliphatic carbocycles. The zero-order chi connectivity index (χ0) is 17.8. The second-order valence-corrected chi connectivity index (χ2v) is 5.72. The van der Waals surface area contributed by atoms with Gasteiger partial charge in [0.1, 0.15) is 5.75 Å². The number of fused-ring (bicyclic) bond motifs is 1. The monoisotopic (exact) mass is 335 g/mol. The van der Waals surface area contributed by atoms with E-state index in [1.807, 2.05) is 6.07 Å². The summed E-state index contributed by atoms with van der Waals surface area (Å²) < 4.78 is 5.19. The normalized spacial score (nSPS) is 15.4. The van der Waals surface area contributed by atoms with Crippen molar-refractivity contribution in [3.63, 3.8) is 0 Å². The summed E-state index contributed by atoms with van der Waals surface area (Å²) in [5.41, 5.74) is 2.94. The van der Waals surface area contributed by atoms with Crippen molar-refractivity contribution in [1.29, 1.82) is 0 Å². The number of ether oxygens (including phenoxy) is 1. The van der Waals surface area contributed by atoms with Gasteiger partial charge in [0.2, 0.25) is 0 Å². The van der Waals surface area contributed by atoms with Crippen molar-refractivity contribution in [2.75, 3.05) is 7.11 Å². The first-order chi connectivity index (χ1) is 12.1. The van der Waals surface area contributed by atoms with E-state index in [-0.39, 0.29) is 11.5 Å². The van der Waals surface area contributed by atoms with Crippen molar-refractivity contribution in [2.24, 2.45) is 0 Å². The number of hydrogen-bond donors (Lipinski definition) is 0. The van der Waals surface area contributed by atoms with Crippen LogP contribution in [0.25, 0.3) is 6.08 Å². The number of hydrogen-bond acceptors (Lipinski definition) is 4. The molecule has 1 aliphatic rings. The van der Waals surface area contributed by atoms with Gasteiger partial charge in [-0.2, -0.15) is 0 Å². The molecule has 126 valence electrons. The maximum atomic E-state index is 12.6. The van der Waals surface area contributed by atoms with Gasteiger partial charge in [-0.05, 0) is 48.7 Å². The Morgan fingerprint density at radius 1 is 1.16 bits per heavy atom. The molecule has 0 radical (unpaired) electrons. The number of nitro groups is 1. The first-order valence-corrected chi connectivity index (χ1v) is 7.92.